The number of aromatic hydroxyl groups is 2. The van der Waals surface area contributed by atoms with Gasteiger partial charge < -0.3 is 60.6 Å². The minimum absolute atomic E-state index is 0.0505. The predicted molar refractivity (Wildman–Crippen MR) is 297 cm³/mol. The molecule has 26 heteroatoms. The smallest absolute Gasteiger partial charge is 0.332 e. The molecule has 2 aromatic heterocycles. The van der Waals surface area contributed by atoms with Gasteiger partial charge in [0.2, 0.25) is 29.5 Å². The summed E-state index contributed by atoms with van der Waals surface area (Å²) in [5.41, 5.74) is -3.67. The Hall–Kier alpha value is -7.74. The van der Waals surface area contributed by atoms with E-state index in [0.29, 0.717) is 28.2 Å². The largest absolute Gasteiger partial charge is 0.505 e. The van der Waals surface area contributed by atoms with Crippen molar-refractivity contribution in [2.75, 3.05) is 41.4 Å². The first-order valence-corrected chi connectivity index (χ1v) is 28.3. The number of benzene rings is 2. The zero-order chi connectivity index (χ0) is 59.2. The Morgan fingerprint density at radius 2 is 1.09 bits per heavy atom. The second-order valence-corrected chi connectivity index (χ2v) is 24.3. The van der Waals surface area contributed by atoms with Gasteiger partial charge in [-0.05, 0) is 69.2 Å². The maximum absolute atomic E-state index is 15.7. The molecule has 12 atom stereocenters. The zero-order valence-corrected chi connectivity index (χ0v) is 48.0. The van der Waals surface area contributed by atoms with Crippen molar-refractivity contribution >= 4 is 105 Å². The Kier molecular flexibility index (Phi) is 17.1. The van der Waals surface area contributed by atoms with Gasteiger partial charge in [-0.2, -0.15) is 0 Å². The highest BCUT2D eigenvalue weighted by Gasteiger charge is 2.66. The monoisotopic (exact) mass is 1150 g/mol. The summed E-state index contributed by atoms with van der Waals surface area (Å²) in [7, 11) is 5.30. The van der Waals surface area contributed by atoms with Crippen LogP contribution < -0.4 is 21.3 Å². The molecule has 0 radical (unpaired) electrons. The third-order valence-corrected chi connectivity index (χ3v) is 19.1. The van der Waals surface area contributed by atoms with Gasteiger partial charge in [0.15, 0.2) is 16.8 Å². The number of carbonyl (C=O) groups is 10. The number of ether oxygens (including phenoxy) is 2. The van der Waals surface area contributed by atoms with Crippen molar-refractivity contribution in [3.8, 4) is 11.5 Å². The zero-order valence-electron chi connectivity index (χ0n) is 46.4. The molecule has 81 heavy (non-hydrogen) atoms. The number of hydrogen-bond acceptors (Lipinski definition) is 18. The van der Waals surface area contributed by atoms with Crippen molar-refractivity contribution in [1.29, 1.82) is 0 Å². The van der Waals surface area contributed by atoms with Crippen LogP contribution in [0.1, 0.15) is 81.8 Å². The molecule has 4 aromatic rings. The van der Waals surface area contributed by atoms with E-state index in [2.05, 4.69) is 31.2 Å². The number of cyclic esters (lactones) is 2. The number of para-hydroxylation sites is 2. The number of hydrogen-bond donors (Lipinski definition) is 6. The van der Waals surface area contributed by atoms with E-state index in [1.807, 2.05) is 13.8 Å². The summed E-state index contributed by atoms with van der Waals surface area (Å²) < 4.78 is 10.5. The minimum atomic E-state index is -1.74. The highest BCUT2D eigenvalue weighted by molar-refractivity contribution is 8.18. The van der Waals surface area contributed by atoms with Crippen molar-refractivity contribution in [3.05, 3.63) is 72.1 Å². The van der Waals surface area contributed by atoms with E-state index in [4.69, 9.17) is 9.47 Å². The first-order chi connectivity index (χ1) is 38.3. The van der Waals surface area contributed by atoms with Gasteiger partial charge in [-0.15, -0.1) is 23.5 Å². The predicted octanol–water partition coefficient (Wildman–Crippen LogP) is 1.89. The van der Waals surface area contributed by atoms with E-state index in [9.17, 15) is 48.6 Å². The van der Waals surface area contributed by atoms with Crippen molar-refractivity contribution in [2.24, 2.45) is 11.8 Å². The molecule has 2 bridgehead atoms. The molecule has 4 aliphatic rings. The molecule has 2 aliphatic heterocycles. The number of likely N-dealkylation sites (N-methyl/N-ethyl adjacent to an activating group) is 4. The number of amides is 8. The Balaban J connectivity index is 1.21. The summed E-state index contributed by atoms with van der Waals surface area (Å²) in [5, 5.41) is 31.0. The number of nitrogens with one attached hydrogen (secondary N) is 4. The lowest BCUT2D eigenvalue weighted by atomic mass is 10.1. The van der Waals surface area contributed by atoms with Crippen LogP contribution in [0.4, 0.5) is 0 Å². The van der Waals surface area contributed by atoms with E-state index < -0.39 is 158 Å². The molecule has 4 heterocycles. The molecule has 8 rings (SSSR count). The molecule has 2 aliphatic carbocycles. The molecule has 12 unspecified atom stereocenters. The summed E-state index contributed by atoms with van der Waals surface area (Å²) in [6.45, 7) is 8.07. The van der Waals surface area contributed by atoms with Crippen LogP contribution >= 0.6 is 23.5 Å². The SMILES string of the molecule is CCC(C)SC1SC2C(=O)N(C)C3(CC3C)C(=O)OCC(NC(=O)c3nc4ccccc4cc3O)C(=O)NC(C)C(=O)N(C)C1C(=O)N(C)C1(CC1C)C(=O)OCC(NC(=O)c1nc3ccccc3cc1O)C(=O)NC(C)C(=O)N2C. The average Bonchev–Trinajstić information content (AvgIpc) is 4.49. The van der Waals surface area contributed by atoms with Crippen LogP contribution in [-0.4, -0.2) is 197 Å². The number of nitrogens with zero attached hydrogens (tertiary/aromatic N) is 6. The highest BCUT2D eigenvalue weighted by Crippen LogP contribution is 2.52. The number of aromatic nitrogens is 2. The molecule has 8 amide bonds. The molecular weight excluding hydrogens is 1090 g/mol. The van der Waals surface area contributed by atoms with Gasteiger partial charge in [0.25, 0.3) is 17.7 Å². The summed E-state index contributed by atoms with van der Waals surface area (Å²) >= 11 is 2.03. The average molecular weight is 1160 g/mol. The van der Waals surface area contributed by atoms with Gasteiger partial charge >= 0.3 is 11.9 Å². The molecule has 24 nitrogen and oxygen atoms in total. The first kappa shape index (κ1) is 59.4. The molecule has 6 N–H and O–H groups in total. The maximum Gasteiger partial charge on any atom is 0.332 e. The lowest BCUT2D eigenvalue weighted by molar-refractivity contribution is -0.161. The van der Waals surface area contributed by atoms with Gasteiger partial charge in [0.05, 0.1) is 15.6 Å². The van der Waals surface area contributed by atoms with Crippen LogP contribution in [0.3, 0.4) is 0 Å². The second-order valence-electron chi connectivity index (χ2n) is 21.2. The number of fused-ring (bicyclic) bond motifs is 5. The minimum Gasteiger partial charge on any atom is -0.505 e. The number of rotatable bonds is 7. The lowest BCUT2D eigenvalue weighted by Gasteiger charge is -2.42. The second kappa shape index (κ2) is 23.4. The molecule has 2 aromatic carbocycles. The summed E-state index contributed by atoms with van der Waals surface area (Å²) in [6.07, 6.45) is 0.608. The van der Waals surface area contributed by atoms with Gasteiger partial charge in [0, 0.05) is 44.2 Å². The first-order valence-electron chi connectivity index (χ1n) is 26.4. The Labute approximate surface area is 475 Å². The topological polar surface area (TPSA) is 316 Å². The van der Waals surface area contributed by atoms with Crippen LogP contribution in [0, 0.1) is 11.8 Å². The van der Waals surface area contributed by atoms with E-state index in [-0.39, 0.29) is 18.1 Å². The fourth-order valence-corrected chi connectivity index (χ4v) is 13.8. The summed E-state index contributed by atoms with van der Waals surface area (Å²) in [6, 6.07) is 7.87. The van der Waals surface area contributed by atoms with E-state index >= 15 is 9.59 Å². The van der Waals surface area contributed by atoms with Crippen molar-refractivity contribution < 1.29 is 67.6 Å². The van der Waals surface area contributed by atoms with Crippen LogP contribution in [0.25, 0.3) is 21.8 Å². The third kappa shape index (κ3) is 11.5. The quantitative estimate of drug-likeness (QED) is 0.144. The normalized spacial score (nSPS) is 29.6. The number of carbonyl (C=O) groups excluding carboxylic acids is 10. The highest BCUT2D eigenvalue weighted by atomic mass is 32.2. The van der Waals surface area contributed by atoms with Crippen LogP contribution in [0.5, 0.6) is 11.5 Å². The molecule has 432 valence electrons. The van der Waals surface area contributed by atoms with E-state index in [0.717, 1.165) is 31.4 Å². The fraction of sp³-hybridized carbons (Fsp3) is 0.491. The lowest BCUT2D eigenvalue weighted by Crippen LogP contribution is -2.63. The summed E-state index contributed by atoms with van der Waals surface area (Å²) in [5.74, 6) is -11.7. The third-order valence-electron chi connectivity index (χ3n) is 15.8. The maximum atomic E-state index is 15.7. The number of thioether (sulfide) groups is 2. The van der Waals surface area contributed by atoms with Gasteiger partial charge in [-0.3, -0.25) is 38.4 Å². The standard InChI is InChI=1S/C55H66N10O14S2/c1-11-28(4)80-51-41-48(74)64(9)54(22-26(54)2)52(76)78-24-36(61-45(71)40-38(67)21-32-17-13-15-19-34(32)59-40)43(69)57-30(6)47(73)63(8)50(81-51)49(75)65(10)55(23-27(55)3)53(77)79-25-35(42(68)56-29(5)46(72)62(41)7)60-44(70)39-37(66)20-31-16-12-14-18-33(31)58-39/h12-21,26-30,35-36,41,50-51,66-67H,11,22-25H2,1-10H3,(H,56,68)(H,57,69)(H,60,70)(H,61,71). The fourth-order valence-electron chi connectivity index (χ4n) is 10.3. The van der Waals surface area contributed by atoms with Gasteiger partial charge in [0.1, 0.15) is 66.0 Å². The van der Waals surface area contributed by atoms with Crippen LogP contribution in [0.2, 0.25) is 0 Å². The van der Waals surface area contributed by atoms with Gasteiger partial charge in [-0.25, -0.2) is 19.6 Å². The molecule has 2 saturated heterocycles. The Morgan fingerprint density at radius 3 is 1.51 bits per heavy atom. The Morgan fingerprint density at radius 1 is 0.679 bits per heavy atom. The van der Waals surface area contributed by atoms with Crippen molar-refractivity contribution in [1.82, 2.24) is 50.8 Å². The molecular formula is C55H66N10O14S2. The van der Waals surface area contributed by atoms with Crippen molar-refractivity contribution in [2.45, 2.75) is 117 Å². The van der Waals surface area contributed by atoms with Gasteiger partial charge in [-0.1, -0.05) is 64.1 Å². The Bertz CT molecular complexity index is 3240. The van der Waals surface area contributed by atoms with E-state index in [1.54, 1.807) is 62.4 Å². The number of esters is 2. The van der Waals surface area contributed by atoms with Crippen LogP contribution in [0.15, 0.2) is 60.7 Å². The molecule has 2 spiro atoms. The summed E-state index contributed by atoms with van der Waals surface area (Å²) in [4.78, 5) is 160. The van der Waals surface area contributed by atoms with Crippen LogP contribution in [-0.2, 0) is 47.8 Å². The van der Waals surface area contributed by atoms with Crippen molar-refractivity contribution in [3.63, 3.8) is 0 Å². The molecule has 2 saturated carbocycles. The molecule has 4 fully saturated rings. The number of pyridine rings is 2. The van der Waals surface area contributed by atoms with E-state index in [1.165, 1.54) is 65.9 Å².